The van der Waals surface area contributed by atoms with Crippen LogP contribution in [0.2, 0.25) is 5.02 Å². The molecule has 1 N–H and O–H groups in total. The Kier molecular flexibility index (Phi) is 6.34. The Hall–Kier alpha value is -2.98. The van der Waals surface area contributed by atoms with Gasteiger partial charge in [-0.05, 0) is 55.0 Å². The SMILES string of the molecule is C[C@H](Oc1ccc(OCc2ccccc2)cc1)C(=O)Nc1cccc(Cl)c1. The summed E-state index contributed by atoms with van der Waals surface area (Å²) in [7, 11) is 0. The predicted molar refractivity (Wildman–Crippen MR) is 107 cm³/mol. The average molecular weight is 382 g/mol. The highest BCUT2D eigenvalue weighted by molar-refractivity contribution is 6.30. The van der Waals surface area contributed by atoms with E-state index in [0.29, 0.717) is 23.1 Å². The normalized spacial score (nSPS) is 11.5. The van der Waals surface area contributed by atoms with Crippen LogP contribution < -0.4 is 14.8 Å². The van der Waals surface area contributed by atoms with Crippen LogP contribution in [0.15, 0.2) is 78.9 Å². The molecule has 0 aromatic heterocycles. The van der Waals surface area contributed by atoms with Gasteiger partial charge in [-0.15, -0.1) is 0 Å². The van der Waals surface area contributed by atoms with Gasteiger partial charge in [-0.1, -0.05) is 48.0 Å². The third kappa shape index (κ3) is 5.76. The van der Waals surface area contributed by atoms with Crippen molar-refractivity contribution in [3.63, 3.8) is 0 Å². The van der Waals surface area contributed by atoms with Crippen molar-refractivity contribution in [3.8, 4) is 11.5 Å². The van der Waals surface area contributed by atoms with Crippen molar-refractivity contribution in [2.75, 3.05) is 5.32 Å². The van der Waals surface area contributed by atoms with Crippen molar-refractivity contribution in [1.29, 1.82) is 0 Å². The number of benzene rings is 3. The minimum absolute atomic E-state index is 0.248. The second kappa shape index (κ2) is 9.10. The molecule has 0 saturated heterocycles. The zero-order chi connectivity index (χ0) is 19.1. The van der Waals surface area contributed by atoms with Crippen molar-refractivity contribution >= 4 is 23.2 Å². The van der Waals surface area contributed by atoms with Crippen LogP contribution in [0.1, 0.15) is 12.5 Å². The smallest absolute Gasteiger partial charge is 0.265 e. The number of nitrogens with one attached hydrogen (secondary N) is 1. The van der Waals surface area contributed by atoms with Crippen LogP contribution in [-0.2, 0) is 11.4 Å². The molecule has 1 atom stereocenters. The van der Waals surface area contributed by atoms with Crippen molar-refractivity contribution in [1.82, 2.24) is 0 Å². The van der Waals surface area contributed by atoms with Gasteiger partial charge in [0.25, 0.3) is 5.91 Å². The summed E-state index contributed by atoms with van der Waals surface area (Å²) in [4.78, 5) is 12.3. The Balaban J connectivity index is 1.51. The summed E-state index contributed by atoms with van der Waals surface area (Å²) in [6, 6.07) is 24.1. The first-order valence-electron chi connectivity index (χ1n) is 8.60. The van der Waals surface area contributed by atoms with Gasteiger partial charge in [0.15, 0.2) is 6.10 Å². The molecule has 0 spiro atoms. The fourth-order valence-electron chi connectivity index (χ4n) is 2.42. The summed E-state index contributed by atoms with van der Waals surface area (Å²) in [6.07, 6.45) is -0.653. The Morgan fingerprint density at radius 1 is 0.963 bits per heavy atom. The van der Waals surface area contributed by atoms with Crippen molar-refractivity contribution < 1.29 is 14.3 Å². The number of ether oxygens (including phenoxy) is 2. The van der Waals surface area contributed by atoms with Crippen LogP contribution in [-0.4, -0.2) is 12.0 Å². The van der Waals surface area contributed by atoms with Gasteiger partial charge in [-0.2, -0.15) is 0 Å². The number of rotatable bonds is 7. The molecule has 1 amide bonds. The highest BCUT2D eigenvalue weighted by Crippen LogP contribution is 2.20. The standard InChI is InChI=1S/C22H20ClNO3/c1-16(22(25)24-19-9-5-8-18(23)14-19)27-21-12-10-20(11-13-21)26-15-17-6-3-2-4-7-17/h2-14,16H,15H2,1H3,(H,24,25)/t16-/m0/s1. The number of amides is 1. The third-order valence-corrected chi connectivity index (χ3v) is 4.08. The maximum Gasteiger partial charge on any atom is 0.265 e. The van der Waals surface area contributed by atoms with Gasteiger partial charge in [-0.25, -0.2) is 0 Å². The molecule has 27 heavy (non-hydrogen) atoms. The third-order valence-electron chi connectivity index (χ3n) is 3.85. The molecule has 3 aromatic rings. The molecular formula is C22H20ClNO3. The highest BCUT2D eigenvalue weighted by atomic mass is 35.5. The van der Waals surface area contributed by atoms with Crippen molar-refractivity contribution in [2.45, 2.75) is 19.6 Å². The summed E-state index contributed by atoms with van der Waals surface area (Å²) in [5, 5.41) is 3.34. The molecule has 0 bridgehead atoms. The summed E-state index contributed by atoms with van der Waals surface area (Å²) in [5.41, 5.74) is 1.73. The fraction of sp³-hybridized carbons (Fsp3) is 0.136. The Morgan fingerprint density at radius 3 is 2.37 bits per heavy atom. The van der Waals surface area contributed by atoms with E-state index in [1.165, 1.54) is 0 Å². The summed E-state index contributed by atoms with van der Waals surface area (Å²) in [5.74, 6) is 1.08. The molecule has 0 unspecified atom stereocenters. The second-order valence-electron chi connectivity index (χ2n) is 6.01. The molecule has 3 aromatic carbocycles. The summed E-state index contributed by atoms with van der Waals surface area (Å²) >= 11 is 5.92. The Labute approximate surface area is 163 Å². The monoisotopic (exact) mass is 381 g/mol. The fourth-order valence-corrected chi connectivity index (χ4v) is 2.61. The topological polar surface area (TPSA) is 47.6 Å². The van der Waals surface area contributed by atoms with E-state index in [0.717, 1.165) is 11.3 Å². The lowest BCUT2D eigenvalue weighted by atomic mass is 10.2. The molecule has 0 heterocycles. The lowest BCUT2D eigenvalue weighted by Gasteiger charge is -2.15. The zero-order valence-corrected chi connectivity index (χ0v) is 15.6. The van der Waals surface area contributed by atoms with E-state index in [1.54, 1.807) is 43.3 Å². The van der Waals surface area contributed by atoms with Crippen LogP contribution in [0.4, 0.5) is 5.69 Å². The van der Waals surface area contributed by atoms with Crippen LogP contribution in [0.3, 0.4) is 0 Å². The lowest BCUT2D eigenvalue weighted by molar-refractivity contribution is -0.122. The minimum Gasteiger partial charge on any atom is -0.489 e. The van der Waals surface area contributed by atoms with Gasteiger partial charge >= 0.3 is 0 Å². The van der Waals surface area contributed by atoms with Gasteiger partial charge < -0.3 is 14.8 Å². The van der Waals surface area contributed by atoms with Gasteiger partial charge in [0.2, 0.25) is 0 Å². The van der Waals surface area contributed by atoms with E-state index in [2.05, 4.69) is 5.32 Å². The first kappa shape index (κ1) is 18.8. The average Bonchev–Trinajstić information content (AvgIpc) is 2.68. The Morgan fingerprint density at radius 2 is 1.67 bits per heavy atom. The molecular weight excluding hydrogens is 362 g/mol. The molecule has 0 aliphatic rings. The van der Waals surface area contributed by atoms with Gasteiger partial charge in [-0.3, -0.25) is 4.79 Å². The molecule has 3 rings (SSSR count). The van der Waals surface area contributed by atoms with E-state index in [9.17, 15) is 4.79 Å². The molecule has 0 aliphatic heterocycles. The van der Waals surface area contributed by atoms with Crippen LogP contribution >= 0.6 is 11.6 Å². The van der Waals surface area contributed by atoms with E-state index in [4.69, 9.17) is 21.1 Å². The maximum absolute atomic E-state index is 12.3. The zero-order valence-electron chi connectivity index (χ0n) is 14.9. The predicted octanol–water partition coefficient (Wildman–Crippen LogP) is 5.33. The molecule has 0 aliphatic carbocycles. The van der Waals surface area contributed by atoms with Crippen molar-refractivity contribution in [2.24, 2.45) is 0 Å². The summed E-state index contributed by atoms with van der Waals surface area (Å²) in [6.45, 7) is 2.19. The van der Waals surface area contributed by atoms with E-state index in [1.807, 2.05) is 42.5 Å². The summed E-state index contributed by atoms with van der Waals surface area (Å²) < 4.78 is 11.4. The number of carbonyl (C=O) groups is 1. The number of carbonyl (C=O) groups excluding carboxylic acids is 1. The first-order chi connectivity index (χ1) is 13.1. The lowest BCUT2D eigenvalue weighted by Crippen LogP contribution is -2.30. The van der Waals surface area contributed by atoms with E-state index in [-0.39, 0.29) is 5.91 Å². The van der Waals surface area contributed by atoms with Gasteiger partial charge in [0, 0.05) is 10.7 Å². The van der Waals surface area contributed by atoms with Crippen LogP contribution in [0, 0.1) is 0 Å². The second-order valence-corrected chi connectivity index (χ2v) is 6.44. The molecule has 138 valence electrons. The quantitative estimate of drug-likeness (QED) is 0.602. The van der Waals surface area contributed by atoms with Crippen LogP contribution in [0.25, 0.3) is 0 Å². The molecule has 5 heteroatoms. The van der Waals surface area contributed by atoms with Crippen LogP contribution in [0.5, 0.6) is 11.5 Å². The molecule has 0 radical (unpaired) electrons. The molecule has 4 nitrogen and oxygen atoms in total. The largest absolute Gasteiger partial charge is 0.489 e. The number of halogens is 1. The van der Waals surface area contributed by atoms with Gasteiger partial charge in [0.1, 0.15) is 18.1 Å². The number of hydrogen-bond acceptors (Lipinski definition) is 3. The Bertz CT molecular complexity index is 882. The first-order valence-corrected chi connectivity index (χ1v) is 8.98. The maximum atomic E-state index is 12.3. The molecule has 0 fully saturated rings. The van der Waals surface area contributed by atoms with E-state index < -0.39 is 6.10 Å². The van der Waals surface area contributed by atoms with E-state index >= 15 is 0 Å². The molecule has 0 saturated carbocycles. The number of hydrogen-bond donors (Lipinski definition) is 1. The van der Waals surface area contributed by atoms with Gasteiger partial charge in [0.05, 0.1) is 0 Å². The van der Waals surface area contributed by atoms with Crippen molar-refractivity contribution in [3.05, 3.63) is 89.4 Å². The minimum atomic E-state index is -0.653. The number of anilines is 1. The highest BCUT2D eigenvalue weighted by Gasteiger charge is 2.15.